The zero-order valence-corrected chi connectivity index (χ0v) is 10.9. The third-order valence-corrected chi connectivity index (χ3v) is 3.31. The van der Waals surface area contributed by atoms with Crippen molar-refractivity contribution in [3.8, 4) is 0 Å². The summed E-state index contributed by atoms with van der Waals surface area (Å²) in [5.74, 6) is 1.24. The predicted molar refractivity (Wildman–Crippen MR) is 70.1 cm³/mol. The van der Waals surface area contributed by atoms with Crippen LogP contribution in [-0.2, 0) is 5.75 Å². The first-order valence-corrected chi connectivity index (χ1v) is 6.48. The SMILES string of the molecule is Cc1cc(=S)nc(CSc2cccc(F)c2)[nH]1. The lowest BCUT2D eigenvalue weighted by Gasteiger charge is -2.03. The number of benzene rings is 1. The molecule has 0 amide bonds. The highest BCUT2D eigenvalue weighted by Crippen LogP contribution is 2.21. The fourth-order valence-electron chi connectivity index (χ4n) is 1.42. The lowest BCUT2D eigenvalue weighted by molar-refractivity contribution is 0.624. The molecular formula is C12H11FN2S2. The molecule has 2 rings (SSSR count). The van der Waals surface area contributed by atoms with E-state index in [1.807, 2.05) is 19.1 Å². The van der Waals surface area contributed by atoms with E-state index in [1.165, 1.54) is 23.9 Å². The number of rotatable bonds is 3. The van der Waals surface area contributed by atoms with Crippen molar-refractivity contribution >= 4 is 24.0 Å². The molecule has 88 valence electrons. The van der Waals surface area contributed by atoms with Crippen molar-refractivity contribution in [2.45, 2.75) is 17.6 Å². The summed E-state index contributed by atoms with van der Waals surface area (Å²) >= 11 is 6.56. The highest BCUT2D eigenvalue weighted by atomic mass is 32.2. The van der Waals surface area contributed by atoms with Crippen LogP contribution in [0.15, 0.2) is 35.2 Å². The first-order chi connectivity index (χ1) is 8.13. The molecule has 2 aromatic rings. The lowest BCUT2D eigenvalue weighted by Crippen LogP contribution is -1.95. The number of hydrogen-bond donors (Lipinski definition) is 1. The monoisotopic (exact) mass is 266 g/mol. The zero-order chi connectivity index (χ0) is 12.3. The molecular weight excluding hydrogens is 255 g/mol. The van der Waals surface area contributed by atoms with E-state index in [1.54, 1.807) is 6.07 Å². The number of nitrogens with one attached hydrogen (secondary N) is 1. The van der Waals surface area contributed by atoms with Crippen LogP contribution in [0.25, 0.3) is 0 Å². The third kappa shape index (κ3) is 3.64. The molecule has 2 nitrogen and oxygen atoms in total. The quantitative estimate of drug-likeness (QED) is 0.675. The van der Waals surface area contributed by atoms with Gasteiger partial charge in [0.05, 0.1) is 5.75 Å². The average molecular weight is 266 g/mol. The van der Waals surface area contributed by atoms with Gasteiger partial charge in [0.15, 0.2) is 0 Å². The maximum absolute atomic E-state index is 13.0. The topological polar surface area (TPSA) is 28.7 Å². The van der Waals surface area contributed by atoms with Crippen molar-refractivity contribution in [2.75, 3.05) is 0 Å². The van der Waals surface area contributed by atoms with Crippen LogP contribution in [0.2, 0.25) is 0 Å². The Morgan fingerprint density at radius 3 is 2.94 bits per heavy atom. The largest absolute Gasteiger partial charge is 0.347 e. The molecule has 0 aliphatic heterocycles. The Bertz CT molecular complexity index is 581. The maximum Gasteiger partial charge on any atom is 0.130 e. The third-order valence-electron chi connectivity index (χ3n) is 2.10. The van der Waals surface area contributed by atoms with E-state index in [0.717, 1.165) is 16.4 Å². The van der Waals surface area contributed by atoms with E-state index < -0.39 is 0 Å². The first kappa shape index (κ1) is 12.3. The van der Waals surface area contributed by atoms with Crippen molar-refractivity contribution in [2.24, 2.45) is 0 Å². The van der Waals surface area contributed by atoms with Gasteiger partial charge in [0.2, 0.25) is 0 Å². The molecule has 17 heavy (non-hydrogen) atoms. The van der Waals surface area contributed by atoms with Crippen molar-refractivity contribution in [1.29, 1.82) is 0 Å². The number of hydrogen-bond acceptors (Lipinski definition) is 3. The summed E-state index contributed by atoms with van der Waals surface area (Å²) in [7, 11) is 0. The van der Waals surface area contributed by atoms with Gasteiger partial charge in [-0.25, -0.2) is 9.37 Å². The van der Waals surface area contributed by atoms with Gasteiger partial charge in [0, 0.05) is 10.6 Å². The van der Waals surface area contributed by atoms with Crippen LogP contribution in [0.5, 0.6) is 0 Å². The molecule has 0 aliphatic rings. The minimum atomic E-state index is -0.222. The molecule has 1 heterocycles. The normalized spacial score (nSPS) is 10.5. The summed E-state index contributed by atoms with van der Waals surface area (Å²) in [6, 6.07) is 8.32. The number of halogens is 1. The summed E-state index contributed by atoms with van der Waals surface area (Å²) in [6.45, 7) is 1.94. The van der Waals surface area contributed by atoms with Gasteiger partial charge in [-0.3, -0.25) is 0 Å². The zero-order valence-electron chi connectivity index (χ0n) is 9.24. The molecule has 0 saturated heterocycles. The van der Waals surface area contributed by atoms with Gasteiger partial charge in [0.1, 0.15) is 16.3 Å². The molecule has 1 aromatic heterocycles. The van der Waals surface area contributed by atoms with E-state index in [0.29, 0.717) is 10.4 Å². The second kappa shape index (κ2) is 5.42. The molecule has 0 radical (unpaired) electrons. The molecule has 0 unspecified atom stereocenters. The maximum atomic E-state index is 13.0. The summed E-state index contributed by atoms with van der Waals surface area (Å²) in [5.41, 5.74) is 0.986. The molecule has 0 spiro atoms. The van der Waals surface area contributed by atoms with Gasteiger partial charge in [-0.1, -0.05) is 18.3 Å². The molecule has 1 aromatic carbocycles. The van der Waals surface area contributed by atoms with Gasteiger partial charge in [0.25, 0.3) is 0 Å². The Kier molecular flexibility index (Phi) is 3.91. The van der Waals surface area contributed by atoms with Gasteiger partial charge in [-0.05, 0) is 31.2 Å². The van der Waals surface area contributed by atoms with Crippen LogP contribution in [0.4, 0.5) is 4.39 Å². The number of H-pyrrole nitrogens is 1. The minimum absolute atomic E-state index is 0.222. The van der Waals surface area contributed by atoms with Crippen LogP contribution in [0.1, 0.15) is 11.5 Å². The number of aryl methyl sites for hydroxylation is 1. The summed E-state index contributed by atoms with van der Waals surface area (Å²) in [5, 5.41) is 0. The Hall–Kier alpha value is -1.20. The number of thioether (sulfide) groups is 1. The van der Waals surface area contributed by atoms with Crippen LogP contribution >= 0.6 is 24.0 Å². The van der Waals surface area contributed by atoms with E-state index in [2.05, 4.69) is 9.97 Å². The Morgan fingerprint density at radius 2 is 2.24 bits per heavy atom. The van der Waals surface area contributed by atoms with Crippen LogP contribution in [0, 0.1) is 17.4 Å². The van der Waals surface area contributed by atoms with Crippen LogP contribution in [-0.4, -0.2) is 9.97 Å². The number of nitrogens with zero attached hydrogens (tertiary/aromatic N) is 1. The fourth-order valence-corrected chi connectivity index (χ4v) is 2.52. The molecule has 0 aliphatic carbocycles. The second-order valence-corrected chi connectivity index (χ2v) is 5.06. The van der Waals surface area contributed by atoms with Crippen LogP contribution < -0.4 is 0 Å². The molecule has 0 atom stereocenters. The highest BCUT2D eigenvalue weighted by Gasteiger charge is 2.00. The second-order valence-electron chi connectivity index (χ2n) is 3.60. The average Bonchev–Trinajstić information content (AvgIpc) is 2.25. The van der Waals surface area contributed by atoms with Crippen LogP contribution in [0.3, 0.4) is 0 Å². The van der Waals surface area contributed by atoms with Gasteiger partial charge in [-0.2, -0.15) is 0 Å². The molecule has 0 fully saturated rings. The lowest BCUT2D eigenvalue weighted by atomic mass is 10.4. The number of aromatic nitrogens is 2. The van der Waals surface area contributed by atoms with E-state index in [4.69, 9.17) is 12.2 Å². The summed E-state index contributed by atoms with van der Waals surface area (Å²) in [6.07, 6.45) is 0. The Morgan fingerprint density at radius 1 is 1.41 bits per heavy atom. The Balaban J connectivity index is 2.09. The van der Waals surface area contributed by atoms with E-state index in [9.17, 15) is 4.39 Å². The van der Waals surface area contributed by atoms with Crippen molar-refractivity contribution in [1.82, 2.24) is 9.97 Å². The molecule has 5 heteroatoms. The van der Waals surface area contributed by atoms with Crippen molar-refractivity contribution in [3.05, 3.63) is 52.3 Å². The fraction of sp³-hybridized carbons (Fsp3) is 0.167. The van der Waals surface area contributed by atoms with Crippen molar-refractivity contribution in [3.63, 3.8) is 0 Å². The van der Waals surface area contributed by atoms with Gasteiger partial charge < -0.3 is 4.98 Å². The summed E-state index contributed by atoms with van der Waals surface area (Å²) in [4.78, 5) is 8.24. The number of aromatic amines is 1. The minimum Gasteiger partial charge on any atom is -0.347 e. The molecule has 0 bridgehead atoms. The Labute approximate surface area is 108 Å². The van der Waals surface area contributed by atoms with Crippen molar-refractivity contribution < 1.29 is 4.39 Å². The molecule has 1 N–H and O–H groups in total. The standard InChI is InChI=1S/C12H11FN2S2/c1-8-5-12(16)15-11(14-8)7-17-10-4-2-3-9(13)6-10/h2-6H,7H2,1H3,(H,14,15,16). The van der Waals surface area contributed by atoms with E-state index >= 15 is 0 Å². The van der Waals surface area contributed by atoms with Gasteiger partial charge >= 0.3 is 0 Å². The van der Waals surface area contributed by atoms with E-state index in [-0.39, 0.29) is 5.82 Å². The molecule has 0 saturated carbocycles. The first-order valence-electron chi connectivity index (χ1n) is 5.09. The summed E-state index contributed by atoms with van der Waals surface area (Å²) < 4.78 is 13.5. The van der Waals surface area contributed by atoms with Gasteiger partial charge in [-0.15, -0.1) is 11.8 Å². The highest BCUT2D eigenvalue weighted by molar-refractivity contribution is 7.98. The smallest absolute Gasteiger partial charge is 0.130 e. The predicted octanol–water partition coefficient (Wildman–Crippen LogP) is 3.88.